The van der Waals surface area contributed by atoms with Gasteiger partial charge in [-0.2, -0.15) is 0 Å². The van der Waals surface area contributed by atoms with Gasteiger partial charge in [0.2, 0.25) is 11.7 Å². The van der Waals surface area contributed by atoms with E-state index in [9.17, 15) is 39.6 Å². The summed E-state index contributed by atoms with van der Waals surface area (Å²) in [6.07, 6.45) is 0.922. The molecule has 220 valence electrons. The smallest absolute Gasteiger partial charge is 0.255 e. The lowest BCUT2D eigenvalue weighted by Crippen LogP contribution is -2.63. The van der Waals surface area contributed by atoms with E-state index in [-0.39, 0.29) is 35.8 Å². The molecule has 3 aliphatic carbocycles. The second-order valence-electron chi connectivity index (χ2n) is 12.0. The zero-order chi connectivity index (χ0) is 30.4. The zero-order valence-electron chi connectivity index (χ0n) is 23.1. The molecule has 2 aromatic carbocycles. The number of likely N-dealkylation sites (tertiary alicyclic amines) is 1. The van der Waals surface area contributed by atoms with Crippen molar-refractivity contribution in [1.29, 1.82) is 0 Å². The number of phenolic OH excluding ortho intramolecular Hbond substituents is 1. The maximum atomic E-state index is 14.0. The van der Waals surface area contributed by atoms with Gasteiger partial charge in [0.05, 0.1) is 17.6 Å². The fraction of sp³-hybridized carbons (Fsp3) is 0.400. The Morgan fingerprint density at radius 1 is 1.12 bits per heavy atom. The molecule has 1 unspecified atom stereocenters. The van der Waals surface area contributed by atoms with Crippen LogP contribution in [0.2, 0.25) is 0 Å². The number of benzene rings is 2. The number of rotatable bonds is 5. The average molecular weight is 577 g/mol. The number of aromatic hydroxyl groups is 1. The molecule has 12 nitrogen and oxygen atoms in total. The van der Waals surface area contributed by atoms with Crippen molar-refractivity contribution >= 4 is 34.2 Å². The first-order valence-electron chi connectivity index (χ1n) is 13.7. The number of hydrogen-bond acceptors (Lipinski definition) is 10. The number of nitrogens with two attached hydrogens (primary N) is 2. The summed E-state index contributed by atoms with van der Waals surface area (Å²) in [5, 5.41) is 46.5. The van der Waals surface area contributed by atoms with E-state index >= 15 is 0 Å². The van der Waals surface area contributed by atoms with Crippen LogP contribution in [0.3, 0.4) is 0 Å². The van der Waals surface area contributed by atoms with Crippen LogP contribution in [0.1, 0.15) is 34.3 Å². The molecule has 0 radical (unpaired) electrons. The lowest BCUT2D eigenvalue weighted by Gasteiger charge is -2.50. The van der Waals surface area contributed by atoms with Crippen LogP contribution in [-0.4, -0.2) is 91.9 Å². The first-order chi connectivity index (χ1) is 19.8. The van der Waals surface area contributed by atoms with Gasteiger partial charge in [-0.15, -0.1) is 0 Å². The van der Waals surface area contributed by atoms with Crippen LogP contribution in [0.5, 0.6) is 5.75 Å². The van der Waals surface area contributed by atoms with Crippen LogP contribution >= 0.6 is 0 Å². The van der Waals surface area contributed by atoms with Crippen LogP contribution in [0.25, 0.3) is 10.8 Å². The summed E-state index contributed by atoms with van der Waals surface area (Å²) in [5.74, 6) is -7.19. The number of Topliss-reactive ketones (excluding diaryl/α,β-unsaturated/α-hetero) is 2. The molecule has 5 atom stereocenters. The third-order valence-corrected chi connectivity index (χ3v) is 9.44. The number of hydrogen-bond donors (Lipinski definition) is 6. The van der Waals surface area contributed by atoms with Gasteiger partial charge in [0.25, 0.3) is 5.91 Å². The highest BCUT2D eigenvalue weighted by Gasteiger charge is 2.63. The molecular weight excluding hydrogens is 544 g/mol. The van der Waals surface area contributed by atoms with Gasteiger partial charge in [0.1, 0.15) is 22.8 Å². The Bertz CT molecular complexity index is 1680. The molecule has 1 heterocycles. The largest absolute Gasteiger partial charge is 0.510 e. The normalized spacial score (nSPS) is 29.3. The van der Waals surface area contributed by atoms with Gasteiger partial charge in [0, 0.05) is 30.0 Å². The van der Waals surface area contributed by atoms with E-state index in [1.807, 2.05) is 17.0 Å². The highest BCUT2D eigenvalue weighted by Crippen LogP contribution is 2.52. The summed E-state index contributed by atoms with van der Waals surface area (Å²) in [6.45, 7) is 1.13. The second-order valence-corrected chi connectivity index (χ2v) is 12.0. The van der Waals surface area contributed by atoms with Crippen LogP contribution in [0.15, 0.2) is 46.9 Å². The number of amides is 2. The van der Waals surface area contributed by atoms with Crippen LogP contribution in [-0.2, 0) is 27.3 Å². The molecule has 12 heteroatoms. The molecule has 2 amide bonds. The summed E-state index contributed by atoms with van der Waals surface area (Å²) < 4.78 is 0. The number of carbonyl (C=O) groups excluding carboxylic acids is 4. The van der Waals surface area contributed by atoms with Gasteiger partial charge in [-0.3, -0.25) is 29.0 Å². The van der Waals surface area contributed by atoms with E-state index in [1.54, 1.807) is 26.2 Å². The number of aliphatic hydroxyl groups is 3. The van der Waals surface area contributed by atoms with Crippen molar-refractivity contribution in [2.75, 3.05) is 20.6 Å². The monoisotopic (exact) mass is 576 g/mol. The number of ketones is 2. The van der Waals surface area contributed by atoms with E-state index in [1.165, 1.54) is 4.90 Å². The number of primary amides is 2. The number of likely N-dealkylation sites (N-methyl/N-ethyl adjacent to an activating group) is 1. The first-order valence-corrected chi connectivity index (χ1v) is 13.7. The van der Waals surface area contributed by atoms with Crippen molar-refractivity contribution in [3.05, 3.63) is 63.6 Å². The highest BCUT2D eigenvalue weighted by atomic mass is 16.3. The van der Waals surface area contributed by atoms with Crippen LogP contribution in [0, 0.1) is 11.8 Å². The quantitative estimate of drug-likeness (QED) is 0.269. The molecular formula is C30H32N4O8. The van der Waals surface area contributed by atoms with Crippen LogP contribution in [0.4, 0.5) is 0 Å². The van der Waals surface area contributed by atoms with Crippen molar-refractivity contribution in [2.24, 2.45) is 23.3 Å². The molecule has 1 fully saturated rings. The Morgan fingerprint density at radius 3 is 2.43 bits per heavy atom. The van der Waals surface area contributed by atoms with Crippen molar-refractivity contribution in [3.8, 4) is 5.75 Å². The van der Waals surface area contributed by atoms with Gasteiger partial charge in [-0.1, -0.05) is 18.2 Å². The third-order valence-electron chi connectivity index (χ3n) is 9.44. The Kier molecular flexibility index (Phi) is 6.23. The Morgan fingerprint density at radius 2 is 1.83 bits per heavy atom. The predicted molar refractivity (Wildman–Crippen MR) is 149 cm³/mol. The molecule has 0 aromatic heterocycles. The van der Waals surface area contributed by atoms with E-state index < -0.39 is 64.0 Å². The summed E-state index contributed by atoms with van der Waals surface area (Å²) >= 11 is 0. The molecule has 0 saturated carbocycles. The molecule has 4 aliphatic rings. The average Bonchev–Trinajstić information content (AvgIpc) is 2.88. The molecule has 8 N–H and O–H groups in total. The molecule has 1 saturated heterocycles. The minimum Gasteiger partial charge on any atom is -0.510 e. The third kappa shape index (κ3) is 3.72. The lowest BCUT2D eigenvalue weighted by molar-refractivity contribution is -0.148. The number of aliphatic hydroxyl groups excluding tert-OH is 2. The standard InChI is InChI=1S/C30H32N4O8/c1-33(2)22-17-10-15-9-14-8-13-4-3-12(11-34-6-5-18(34)28(31)40)7-16(13)23(35)19(14)24(36)20(15)26(38)30(17,42)27(39)21(25(22)37)29(32)41/h3-4,7-8,15,17-18,22,35,37-38,42H,5-6,9-11H2,1-2H3,(H2,31,40)(H2,32,41)/t15-,17-,18?,22-,30-/m0/s1. The summed E-state index contributed by atoms with van der Waals surface area (Å²) in [6, 6.07) is 5.85. The van der Waals surface area contributed by atoms with E-state index in [0.717, 1.165) is 5.56 Å². The van der Waals surface area contributed by atoms with E-state index in [2.05, 4.69) is 0 Å². The number of fused-ring (bicyclic) bond motifs is 4. The molecule has 1 aliphatic heterocycles. The van der Waals surface area contributed by atoms with Crippen LogP contribution < -0.4 is 11.5 Å². The topological polar surface area (TPSA) is 208 Å². The van der Waals surface area contributed by atoms with Crippen molar-refractivity contribution < 1.29 is 39.6 Å². The van der Waals surface area contributed by atoms with Crippen molar-refractivity contribution in [1.82, 2.24) is 9.80 Å². The van der Waals surface area contributed by atoms with Gasteiger partial charge < -0.3 is 31.9 Å². The fourth-order valence-corrected chi connectivity index (χ4v) is 7.35. The van der Waals surface area contributed by atoms with Gasteiger partial charge in [-0.25, -0.2) is 0 Å². The minimum absolute atomic E-state index is 0.0281. The molecule has 0 bridgehead atoms. The summed E-state index contributed by atoms with van der Waals surface area (Å²) in [5.41, 5.74) is 8.41. The Balaban J connectivity index is 1.45. The minimum atomic E-state index is -2.68. The Labute approximate surface area is 240 Å². The maximum Gasteiger partial charge on any atom is 0.255 e. The summed E-state index contributed by atoms with van der Waals surface area (Å²) in [4.78, 5) is 54.6. The second kappa shape index (κ2) is 9.38. The van der Waals surface area contributed by atoms with Crippen molar-refractivity contribution in [3.63, 3.8) is 0 Å². The fourth-order valence-electron chi connectivity index (χ4n) is 7.35. The number of nitrogens with zero attached hydrogens (tertiary/aromatic N) is 2. The Hall–Kier alpha value is -4.26. The van der Waals surface area contributed by atoms with Gasteiger partial charge >= 0.3 is 0 Å². The molecule has 6 rings (SSSR count). The van der Waals surface area contributed by atoms with Gasteiger partial charge in [0.15, 0.2) is 11.4 Å². The molecule has 2 aromatic rings. The SMILES string of the molecule is CN(C)[C@@H]1C(O)=C(C(N)=O)C(=O)[C@@]2(O)C(O)=C3C(=O)c4c(cc5ccc(CN6CCC6C(N)=O)cc5c4O)C[C@H]3C[C@@H]12. The lowest BCUT2D eigenvalue weighted by atomic mass is 9.58. The number of phenols is 1. The number of carbonyl (C=O) groups is 4. The highest BCUT2D eigenvalue weighted by molar-refractivity contribution is 6.25. The predicted octanol–water partition coefficient (Wildman–Crippen LogP) is 0.333. The van der Waals surface area contributed by atoms with E-state index in [0.29, 0.717) is 35.8 Å². The van der Waals surface area contributed by atoms with Gasteiger partial charge in [-0.05, 0) is 61.9 Å². The summed E-state index contributed by atoms with van der Waals surface area (Å²) in [7, 11) is 3.17. The molecule has 42 heavy (non-hydrogen) atoms. The molecule has 0 spiro atoms. The van der Waals surface area contributed by atoms with Crippen molar-refractivity contribution in [2.45, 2.75) is 43.5 Å². The first kappa shape index (κ1) is 27.9. The maximum absolute atomic E-state index is 14.0. The van der Waals surface area contributed by atoms with E-state index in [4.69, 9.17) is 11.5 Å². The number of allylic oxidation sites excluding steroid dienone is 1. The zero-order valence-corrected chi connectivity index (χ0v) is 23.1.